The van der Waals surface area contributed by atoms with Gasteiger partial charge in [0.05, 0.1) is 6.10 Å². The molecule has 1 heterocycles. The van der Waals surface area contributed by atoms with E-state index in [1.165, 1.54) is 10.8 Å². The maximum Gasteiger partial charge on any atom is 0.167 e. The molecule has 3 rings (SSSR count). The summed E-state index contributed by atoms with van der Waals surface area (Å²) in [6.45, 7) is 3.70. The van der Waals surface area contributed by atoms with Crippen molar-refractivity contribution in [2.45, 2.75) is 32.0 Å². The Morgan fingerprint density at radius 3 is 2.56 bits per heavy atom. The summed E-state index contributed by atoms with van der Waals surface area (Å²) in [6, 6.07) is 14.4. The summed E-state index contributed by atoms with van der Waals surface area (Å²) in [4.78, 5) is 11.9. The fraction of sp³-hybridized carbons (Fsp3) is 0.312. The summed E-state index contributed by atoms with van der Waals surface area (Å²) in [5.41, 5.74) is 0.466. The summed E-state index contributed by atoms with van der Waals surface area (Å²) >= 11 is 0. The summed E-state index contributed by atoms with van der Waals surface area (Å²) in [7, 11) is 0. The molecule has 2 aromatic carbocycles. The van der Waals surface area contributed by atoms with Crippen LogP contribution in [0.25, 0.3) is 10.8 Å². The van der Waals surface area contributed by atoms with Crippen LogP contribution in [-0.4, -0.2) is 11.4 Å². The molecule has 0 bridgehead atoms. The topological polar surface area (TPSA) is 26.3 Å². The lowest BCUT2D eigenvalue weighted by Gasteiger charge is -2.18. The van der Waals surface area contributed by atoms with Crippen LogP contribution in [0, 0.1) is 0 Å². The highest BCUT2D eigenvalue weighted by molar-refractivity contribution is 5.91. The van der Waals surface area contributed by atoms with Crippen LogP contribution in [0.2, 0.25) is 0 Å². The van der Waals surface area contributed by atoms with E-state index in [4.69, 9.17) is 4.74 Å². The molecule has 0 N–H and O–H groups in total. The number of hydrogen-bond donors (Lipinski definition) is 0. The molecule has 92 valence electrons. The van der Waals surface area contributed by atoms with Crippen LogP contribution in [0.3, 0.4) is 0 Å². The van der Waals surface area contributed by atoms with Gasteiger partial charge < -0.3 is 4.74 Å². The molecule has 1 saturated heterocycles. The van der Waals surface area contributed by atoms with E-state index in [2.05, 4.69) is 24.3 Å². The highest BCUT2D eigenvalue weighted by atomic mass is 16.5. The summed E-state index contributed by atoms with van der Waals surface area (Å²) in [6.07, 6.45) is 0.361. The first-order valence-corrected chi connectivity index (χ1v) is 6.27. The van der Waals surface area contributed by atoms with Crippen molar-refractivity contribution < 1.29 is 9.53 Å². The van der Waals surface area contributed by atoms with Gasteiger partial charge in [0.1, 0.15) is 5.60 Å². The number of fused-ring (bicyclic) bond motifs is 1. The number of benzene rings is 2. The summed E-state index contributed by atoms with van der Waals surface area (Å²) in [5, 5.41) is 2.37. The third kappa shape index (κ3) is 1.73. The largest absolute Gasteiger partial charge is 0.359 e. The summed E-state index contributed by atoms with van der Waals surface area (Å²) < 4.78 is 5.91. The van der Waals surface area contributed by atoms with Gasteiger partial charge in [-0.05, 0) is 30.2 Å². The van der Waals surface area contributed by atoms with E-state index in [1.54, 1.807) is 0 Å². The smallest absolute Gasteiger partial charge is 0.167 e. The maximum absolute atomic E-state index is 11.9. The molecule has 18 heavy (non-hydrogen) atoms. The lowest BCUT2D eigenvalue weighted by Crippen LogP contribution is -2.26. The molecule has 1 atom stereocenters. The van der Waals surface area contributed by atoms with Crippen molar-refractivity contribution in [1.29, 1.82) is 0 Å². The fourth-order valence-corrected chi connectivity index (χ4v) is 2.58. The van der Waals surface area contributed by atoms with Crippen LogP contribution in [0.5, 0.6) is 0 Å². The molecule has 2 nitrogen and oxygen atoms in total. The van der Waals surface area contributed by atoms with Gasteiger partial charge in [0.15, 0.2) is 5.78 Å². The number of hydrogen-bond acceptors (Lipinski definition) is 2. The molecule has 0 spiro atoms. The molecular weight excluding hydrogens is 224 g/mol. The SMILES string of the molecule is CC1(C)OC(c2cccc3ccccc23)CC1=O. The first-order chi connectivity index (χ1) is 8.58. The zero-order valence-corrected chi connectivity index (χ0v) is 10.6. The minimum atomic E-state index is -0.651. The molecule has 1 unspecified atom stereocenters. The minimum Gasteiger partial charge on any atom is -0.359 e. The molecular formula is C16H16O2. The molecule has 2 heteroatoms. The summed E-state index contributed by atoms with van der Waals surface area (Å²) in [5.74, 6) is 0.181. The van der Waals surface area contributed by atoms with Crippen molar-refractivity contribution in [3.63, 3.8) is 0 Å². The highest BCUT2D eigenvalue weighted by Gasteiger charge is 2.41. The maximum atomic E-state index is 11.9. The van der Waals surface area contributed by atoms with Gasteiger partial charge in [-0.15, -0.1) is 0 Å². The number of rotatable bonds is 1. The predicted octanol–water partition coefficient (Wildman–Crippen LogP) is 3.65. The second kappa shape index (κ2) is 3.92. The number of ketones is 1. The number of carbonyl (C=O) groups is 1. The van der Waals surface area contributed by atoms with Gasteiger partial charge in [-0.2, -0.15) is 0 Å². The van der Waals surface area contributed by atoms with Crippen LogP contribution in [0.1, 0.15) is 31.9 Å². The third-order valence-corrected chi connectivity index (χ3v) is 3.65. The van der Waals surface area contributed by atoms with Crippen molar-refractivity contribution in [2.75, 3.05) is 0 Å². The Labute approximate surface area is 107 Å². The minimum absolute atomic E-state index is 0.112. The Kier molecular flexibility index (Phi) is 2.49. The van der Waals surface area contributed by atoms with Gasteiger partial charge in [-0.25, -0.2) is 0 Å². The molecule has 0 aliphatic carbocycles. The van der Waals surface area contributed by atoms with Crippen molar-refractivity contribution >= 4 is 16.6 Å². The van der Waals surface area contributed by atoms with E-state index in [9.17, 15) is 4.79 Å². The first kappa shape index (κ1) is 11.4. The predicted molar refractivity (Wildman–Crippen MR) is 71.5 cm³/mol. The fourth-order valence-electron chi connectivity index (χ4n) is 2.58. The Balaban J connectivity index is 2.09. The Morgan fingerprint density at radius 1 is 1.11 bits per heavy atom. The lowest BCUT2D eigenvalue weighted by atomic mass is 9.97. The Bertz CT molecular complexity index is 608. The normalized spacial score (nSPS) is 22.6. The van der Waals surface area contributed by atoms with Gasteiger partial charge in [-0.1, -0.05) is 42.5 Å². The van der Waals surface area contributed by atoms with E-state index in [-0.39, 0.29) is 11.9 Å². The molecule has 0 aromatic heterocycles. The van der Waals surface area contributed by atoms with Crippen LogP contribution in [0.15, 0.2) is 42.5 Å². The molecule has 1 aliphatic rings. The van der Waals surface area contributed by atoms with Gasteiger partial charge in [0.2, 0.25) is 0 Å². The molecule has 0 saturated carbocycles. The molecule has 0 radical (unpaired) electrons. The third-order valence-electron chi connectivity index (χ3n) is 3.65. The Morgan fingerprint density at radius 2 is 1.83 bits per heavy atom. The zero-order chi connectivity index (χ0) is 12.8. The second-order valence-corrected chi connectivity index (χ2v) is 5.31. The van der Waals surface area contributed by atoms with Crippen LogP contribution >= 0.6 is 0 Å². The van der Waals surface area contributed by atoms with Crippen molar-refractivity contribution in [3.05, 3.63) is 48.0 Å². The van der Waals surface area contributed by atoms with Gasteiger partial charge in [0, 0.05) is 6.42 Å². The van der Waals surface area contributed by atoms with Crippen LogP contribution in [-0.2, 0) is 9.53 Å². The molecule has 2 aromatic rings. The number of ether oxygens (including phenoxy) is 1. The van der Waals surface area contributed by atoms with E-state index < -0.39 is 5.60 Å². The quantitative estimate of drug-likeness (QED) is 0.760. The second-order valence-electron chi connectivity index (χ2n) is 5.31. The van der Waals surface area contributed by atoms with Crippen molar-refractivity contribution in [1.82, 2.24) is 0 Å². The zero-order valence-electron chi connectivity index (χ0n) is 10.6. The molecule has 1 fully saturated rings. The van der Waals surface area contributed by atoms with Crippen LogP contribution < -0.4 is 0 Å². The van der Waals surface area contributed by atoms with E-state index in [0.717, 1.165) is 5.56 Å². The van der Waals surface area contributed by atoms with E-state index in [1.807, 2.05) is 32.0 Å². The van der Waals surface area contributed by atoms with Gasteiger partial charge >= 0.3 is 0 Å². The average Bonchev–Trinajstić information content (AvgIpc) is 2.63. The standard InChI is InChI=1S/C16H16O2/c1-16(2)15(17)10-14(18-16)13-9-5-7-11-6-3-4-8-12(11)13/h3-9,14H,10H2,1-2H3. The number of carbonyl (C=O) groups excluding carboxylic acids is 1. The van der Waals surface area contributed by atoms with E-state index >= 15 is 0 Å². The van der Waals surface area contributed by atoms with Gasteiger partial charge in [-0.3, -0.25) is 4.79 Å². The van der Waals surface area contributed by atoms with Crippen molar-refractivity contribution in [2.24, 2.45) is 0 Å². The lowest BCUT2D eigenvalue weighted by molar-refractivity contribution is -0.129. The monoisotopic (exact) mass is 240 g/mol. The average molecular weight is 240 g/mol. The van der Waals surface area contributed by atoms with Crippen molar-refractivity contribution in [3.8, 4) is 0 Å². The van der Waals surface area contributed by atoms with E-state index in [0.29, 0.717) is 6.42 Å². The van der Waals surface area contributed by atoms with Gasteiger partial charge in [0.25, 0.3) is 0 Å². The number of Topliss-reactive ketones (excluding diaryl/α,β-unsaturated/α-hetero) is 1. The highest BCUT2D eigenvalue weighted by Crippen LogP contribution is 2.38. The van der Waals surface area contributed by atoms with Crippen LogP contribution in [0.4, 0.5) is 0 Å². The first-order valence-electron chi connectivity index (χ1n) is 6.27. The molecule has 1 aliphatic heterocycles. The Hall–Kier alpha value is -1.67. The molecule has 0 amide bonds.